The molecule has 4 N–H and O–H groups in total. The van der Waals surface area contributed by atoms with Crippen molar-refractivity contribution in [3.63, 3.8) is 0 Å². The predicted octanol–water partition coefficient (Wildman–Crippen LogP) is 4.58. The molecule has 0 amide bonds. The third-order valence-electron chi connectivity index (χ3n) is 4.67. The number of phenols is 1. The molecule has 5 heteroatoms. The van der Waals surface area contributed by atoms with E-state index in [1.807, 2.05) is 38.1 Å². The number of phenolic OH excluding ortho intramolecular Hbond substituents is 1. The van der Waals surface area contributed by atoms with E-state index in [1.54, 1.807) is 6.07 Å². The molecular weight excluding hydrogens is 333 g/mol. The highest BCUT2D eigenvalue weighted by atomic mass is 31.2. The Kier molecular flexibility index (Phi) is 5.78. The normalized spacial score (nSPS) is 15.2. The first kappa shape index (κ1) is 19.7. The Hall–Kier alpha value is -1.61. The zero-order valence-corrected chi connectivity index (χ0v) is 16.5. The molecule has 0 aliphatic rings. The lowest BCUT2D eigenvalue weighted by Gasteiger charge is -2.19. The van der Waals surface area contributed by atoms with Crippen LogP contribution in [-0.4, -0.2) is 16.7 Å². The summed E-state index contributed by atoms with van der Waals surface area (Å²) in [4.78, 5) is 9.74. The molecule has 0 radical (unpaired) electrons. The zero-order chi connectivity index (χ0) is 18.9. The predicted molar refractivity (Wildman–Crippen MR) is 104 cm³/mol. The van der Waals surface area contributed by atoms with Gasteiger partial charge in [-0.15, -0.1) is 0 Å². The van der Waals surface area contributed by atoms with Crippen LogP contribution in [0.25, 0.3) is 0 Å². The van der Waals surface area contributed by atoms with Crippen LogP contribution in [0.1, 0.15) is 58.9 Å². The summed E-state index contributed by atoms with van der Waals surface area (Å²) in [6.45, 7) is 9.41. The number of hydrogen-bond acceptors (Lipinski definition) is 3. The Morgan fingerprint density at radius 3 is 2.16 bits per heavy atom. The second-order valence-electron chi connectivity index (χ2n) is 7.25. The van der Waals surface area contributed by atoms with Gasteiger partial charge in [0.05, 0.1) is 0 Å². The van der Waals surface area contributed by atoms with Gasteiger partial charge >= 0.3 is 0 Å². The van der Waals surface area contributed by atoms with Crippen molar-refractivity contribution in [3.8, 4) is 5.75 Å². The summed E-state index contributed by atoms with van der Waals surface area (Å²) < 4.78 is 11.9. The standard InChI is InChI=1S/C20H28NO3P/c1-12(2)17-10-15(6-7-19(17)22)11-18-13(3)8-16(9-14(18)4)20(21)25(5,23)24/h6-10,12,20,22H,11,21H2,1-5H3,(H,23,24). The lowest BCUT2D eigenvalue weighted by molar-refractivity contribution is 0.464. The van der Waals surface area contributed by atoms with Crippen LogP contribution in [0.5, 0.6) is 5.75 Å². The number of hydrogen-bond donors (Lipinski definition) is 3. The molecule has 2 rings (SSSR count). The fourth-order valence-electron chi connectivity index (χ4n) is 3.13. The number of benzene rings is 2. The maximum absolute atomic E-state index is 11.9. The molecule has 0 bridgehead atoms. The molecule has 136 valence electrons. The molecular formula is C20H28NO3P. The third-order valence-corrected chi connectivity index (χ3v) is 6.00. The molecule has 2 aromatic rings. The van der Waals surface area contributed by atoms with Crippen molar-refractivity contribution in [2.24, 2.45) is 5.73 Å². The van der Waals surface area contributed by atoms with Crippen molar-refractivity contribution < 1.29 is 14.6 Å². The molecule has 2 atom stereocenters. The summed E-state index contributed by atoms with van der Waals surface area (Å²) in [5.74, 6) is -0.277. The van der Waals surface area contributed by atoms with Crippen LogP contribution in [0, 0.1) is 13.8 Å². The summed E-state index contributed by atoms with van der Waals surface area (Å²) in [5.41, 5.74) is 12.0. The summed E-state index contributed by atoms with van der Waals surface area (Å²) in [6, 6.07) is 9.55. The summed E-state index contributed by atoms with van der Waals surface area (Å²) in [7, 11) is -3.37. The smallest absolute Gasteiger partial charge is 0.218 e. The monoisotopic (exact) mass is 361 g/mol. The van der Waals surface area contributed by atoms with Crippen molar-refractivity contribution in [3.05, 3.63) is 63.7 Å². The van der Waals surface area contributed by atoms with Gasteiger partial charge in [-0.3, -0.25) is 4.57 Å². The van der Waals surface area contributed by atoms with E-state index in [-0.39, 0.29) is 5.92 Å². The Morgan fingerprint density at radius 2 is 1.68 bits per heavy atom. The van der Waals surface area contributed by atoms with Gasteiger partial charge in [-0.2, -0.15) is 0 Å². The zero-order valence-electron chi connectivity index (χ0n) is 15.6. The van der Waals surface area contributed by atoms with Crippen molar-refractivity contribution >= 4 is 7.37 Å². The second kappa shape index (κ2) is 7.33. The minimum atomic E-state index is -3.37. The van der Waals surface area contributed by atoms with Crippen LogP contribution in [0.15, 0.2) is 30.3 Å². The van der Waals surface area contributed by atoms with Gasteiger partial charge < -0.3 is 15.7 Å². The average Bonchev–Trinajstić information content (AvgIpc) is 2.50. The van der Waals surface area contributed by atoms with E-state index in [4.69, 9.17) is 5.73 Å². The molecule has 0 aliphatic heterocycles. The Balaban J connectivity index is 2.39. The largest absolute Gasteiger partial charge is 0.508 e. The fraction of sp³-hybridized carbons (Fsp3) is 0.400. The maximum atomic E-state index is 11.9. The van der Waals surface area contributed by atoms with E-state index in [2.05, 4.69) is 13.8 Å². The first-order chi connectivity index (χ1) is 11.5. The number of aryl methyl sites for hydroxylation is 2. The van der Waals surface area contributed by atoms with Gasteiger partial charge in [0.1, 0.15) is 11.5 Å². The molecule has 2 aromatic carbocycles. The first-order valence-corrected chi connectivity index (χ1v) is 10.7. The Morgan fingerprint density at radius 1 is 1.12 bits per heavy atom. The van der Waals surface area contributed by atoms with E-state index in [0.717, 1.165) is 28.7 Å². The highest BCUT2D eigenvalue weighted by Gasteiger charge is 2.24. The van der Waals surface area contributed by atoms with Crippen molar-refractivity contribution in [2.45, 2.75) is 45.8 Å². The molecule has 0 aliphatic carbocycles. The van der Waals surface area contributed by atoms with E-state index >= 15 is 0 Å². The number of aromatic hydroxyl groups is 1. The topological polar surface area (TPSA) is 83.6 Å². The summed E-state index contributed by atoms with van der Waals surface area (Å²) in [6.07, 6.45) is 0.746. The minimum Gasteiger partial charge on any atom is -0.508 e. The van der Waals surface area contributed by atoms with Gasteiger partial charge in [0.2, 0.25) is 7.37 Å². The third kappa shape index (κ3) is 4.52. The van der Waals surface area contributed by atoms with Gasteiger partial charge in [-0.05, 0) is 65.6 Å². The Labute approximate surface area is 150 Å². The van der Waals surface area contributed by atoms with E-state index in [9.17, 15) is 14.6 Å². The SMILES string of the molecule is Cc1cc(C(N)P(C)(=O)O)cc(C)c1Cc1ccc(O)c(C(C)C)c1. The van der Waals surface area contributed by atoms with Crippen LogP contribution < -0.4 is 5.73 Å². The average molecular weight is 361 g/mol. The molecule has 25 heavy (non-hydrogen) atoms. The molecule has 0 saturated heterocycles. The Bertz CT molecular complexity index is 801. The van der Waals surface area contributed by atoms with Crippen LogP contribution in [-0.2, 0) is 11.0 Å². The second-order valence-corrected chi connectivity index (χ2v) is 9.69. The van der Waals surface area contributed by atoms with Crippen LogP contribution in [0.3, 0.4) is 0 Å². The van der Waals surface area contributed by atoms with Gasteiger partial charge in [0, 0.05) is 6.66 Å². The molecule has 2 unspecified atom stereocenters. The molecule has 4 nitrogen and oxygen atoms in total. The van der Waals surface area contributed by atoms with Crippen molar-refractivity contribution in [2.75, 3.05) is 6.66 Å². The van der Waals surface area contributed by atoms with E-state index < -0.39 is 13.2 Å². The fourth-order valence-corrected chi connectivity index (χ4v) is 3.84. The summed E-state index contributed by atoms with van der Waals surface area (Å²) in [5, 5.41) is 9.99. The van der Waals surface area contributed by atoms with E-state index in [0.29, 0.717) is 11.3 Å². The molecule has 0 spiro atoms. The highest BCUT2D eigenvalue weighted by molar-refractivity contribution is 7.57. The first-order valence-electron chi connectivity index (χ1n) is 8.48. The minimum absolute atomic E-state index is 0.255. The van der Waals surface area contributed by atoms with Crippen LogP contribution in [0.2, 0.25) is 0 Å². The van der Waals surface area contributed by atoms with Gasteiger partial charge in [0.15, 0.2) is 0 Å². The number of rotatable bonds is 5. The van der Waals surface area contributed by atoms with Crippen LogP contribution >= 0.6 is 7.37 Å². The van der Waals surface area contributed by atoms with E-state index in [1.165, 1.54) is 12.2 Å². The lowest BCUT2D eigenvalue weighted by atomic mass is 9.92. The van der Waals surface area contributed by atoms with Crippen molar-refractivity contribution in [1.82, 2.24) is 0 Å². The molecule has 0 saturated carbocycles. The highest BCUT2D eigenvalue weighted by Crippen LogP contribution is 2.49. The van der Waals surface area contributed by atoms with Gasteiger partial charge in [0.25, 0.3) is 0 Å². The number of nitrogens with two attached hydrogens (primary N) is 1. The van der Waals surface area contributed by atoms with Crippen molar-refractivity contribution in [1.29, 1.82) is 0 Å². The summed E-state index contributed by atoms with van der Waals surface area (Å²) >= 11 is 0. The van der Waals surface area contributed by atoms with Crippen LogP contribution in [0.4, 0.5) is 0 Å². The maximum Gasteiger partial charge on any atom is 0.218 e. The molecule has 0 aromatic heterocycles. The molecule has 0 fully saturated rings. The van der Waals surface area contributed by atoms with Gasteiger partial charge in [-0.1, -0.05) is 38.1 Å². The lowest BCUT2D eigenvalue weighted by Crippen LogP contribution is -2.11. The van der Waals surface area contributed by atoms with Gasteiger partial charge in [-0.25, -0.2) is 0 Å². The molecule has 0 heterocycles. The quantitative estimate of drug-likeness (QED) is 0.681.